The van der Waals surface area contributed by atoms with Crippen molar-refractivity contribution in [2.45, 2.75) is 18.8 Å². The highest BCUT2D eigenvalue weighted by molar-refractivity contribution is 7.10. The lowest BCUT2D eigenvalue weighted by molar-refractivity contribution is -0.148. The largest absolute Gasteiger partial charge is 0.452 e. The van der Waals surface area contributed by atoms with Crippen LogP contribution in [0.5, 0.6) is 0 Å². The number of carbonyl (C=O) groups is 2. The van der Waals surface area contributed by atoms with Crippen LogP contribution in [0.15, 0.2) is 52.3 Å². The summed E-state index contributed by atoms with van der Waals surface area (Å²) in [6.07, 6.45) is 4.59. The first kappa shape index (κ1) is 18.4. The van der Waals surface area contributed by atoms with Crippen LogP contribution in [-0.2, 0) is 14.3 Å². The number of thiophene rings is 1. The Morgan fingerprint density at radius 1 is 1.21 bits per heavy atom. The van der Waals surface area contributed by atoms with E-state index in [1.807, 2.05) is 41.8 Å². The SMILES string of the molecule is O=C(/C=C/c1cccs1)OCC(=O)N1CCC(c2nc3ccccc3o2)CC1. The van der Waals surface area contributed by atoms with E-state index in [-0.39, 0.29) is 18.4 Å². The molecule has 1 aliphatic heterocycles. The van der Waals surface area contributed by atoms with Gasteiger partial charge in [0.25, 0.3) is 5.91 Å². The third-order valence-corrected chi connectivity index (χ3v) is 5.61. The zero-order valence-electron chi connectivity index (χ0n) is 15.2. The molecule has 28 heavy (non-hydrogen) atoms. The van der Waals surface area contributed by atoms with Crippen LogP contribution in [0.25, 0.3) is 17.2 Å². The molecular weight excluding hydrogens is 376 g/mol. The van der Waals surface area contributed by atoms with E-state index in [1.165, 1.54) is 17.4 Å². The molecule has 0 N–H and O–H groups in total. The second kappa shape index (κ2) is 8.39. The van der Waals surface area contributed by atoms with Crippen molar-refractivity contribution in [1.82, 2.24) is 9.88 Å². The number of nitrogens with zero attached hydrogens (tertiary/aromatic N) is 2. The Labute approximate surface area is 166 Å². The fourth-order valence-corrected chi connectivity index (χ4v) is 3.87. The second-order valence-electron chi connectivity index (χ2n) is 6.63. The Kier molecular flexibility index (Phi) is 5.53. The maximum atomic E-state index is 12.3. The Balaban J connectivity index is 1.25. The van der Waals surface area contributed by atoms with Crippen LogP contribution in [0.2, 0.25) is 0 Å². The summed E-state index contributed by atoms with van der Waals surface area (Å²) < 4.78 is 10.9. The molecule has 0 saturated carbocycles. The lowest BCUT2D eigenvalue weighted by Gasteiger charge is -2.30. The minimum absolute atomic E-state index is 0.172. The fourth-order valence-electron chi connectivity index (χ4n) is 3.25. The van der Waals surface area contributed by atoms with E-state index in [1.54, 1.807) is 11.0 Å². The molecule has 6 nitrogen and oxygen atoms in total. The summed E-state index contributed by atoms with van der Waals surface area (Å²) in [5.41, 5.74) is 1.65. The number of amides is 1. The minimum atomic E-state index is -0.511. The maximum absolute atomic E-state index is 12.3. The van der Waals surface area contributed by atoms with Crippen molar-refractivity contribution in [2.75, 3.05) is 19.7 Å². The van der Waals surface area contributed by atoms with E-state index < -0.39 is 5.97 Å². The number of para-hydroxylation sites is 2. The number of ether oxygens (including phenoxy) is 1. The topological polar surface area (TPSA) is 72.6 Å². The smallest absolute Gasteiger partial charge is 0.331 e. The van der Waals surface area contributed by atoms with Gasteiger partial charge in [-0.15, -0.1) is 11.3 Å². The first-order chi connectivity index (χ1) is 13.7. The van der Waals surface area contributed by atoms with Crippen LogP contribution in [0.1, 0.15) is 29.5 Å². The fraction of sp³-hybridized carbons (Fsp3) is 0.286. The molecule has 1 aromatic carbocycles. The Bertz CT molecular complexity index is 952. The zero-order valence-corrected chi connectivity index (χ0v) is 16.1. The van der Waals surface area contributed by atoms with E-state index >= 15 is 0 Å². The minimum Gasteiger partial charge on any atom is -0.452 e. The molecule has 1 saturated heterocycles. The molecule has 144 valence electrons. The average Bonchev–Trinajstić information content (AvgIpc) is 3.40. The summed E-state index contributed by atoms with van der Waals surface area (Å²) in [6.45, 7) is 0.969. The molecule has 0 radical (unpaired) electrons. The average molecular weight is 396 g/mol. The van der Waals surface area contributed by atoms with Gasteiger partial charge in [0, 0.05) is 30.0 Å². The summed E-state index contributed by atoms with van der Waals surface area (Å²) in [5, 5.41) is 1.93. The van der Waals surface area contributed by atoms with E-state index in [9.17, 15) is 9.59 Å². The van der Waals surface area contributed by atoms with Crippen molar-refractivity contribution in [1.29, 1.82) is 0 Å². The van der Waals surface area contributed by atoms with Crippen molar-refractivity contribution in [3.8, 4) is 0 Å². The number of carbonyl (C=O) groups excluding carboxylic acids is 2. The van der Waals surface area contributed by atoms with Gasteiger partial charge in [-0.25, -0.2) is 9.78 Å². The predicted octanol–water partition coefficient (Wildman–Crippen LogP) is 3.85. The molecule has 1 fully saturated rings. The predicted molar refractivity (Wildman–Crippen MR) is 107 cm³/mol. The van der Waals surface area contributed by atoms with Gasteiger partial charge in [0.05, 0.1) is 0 Å². The third-order valence-electron chi connectivity index (χ3n) is 4.77. The van der Waals surface area contributed by atoms with E-state index in [2.05, 4.69) is 4.98 Å². The Morgan fingerprint density at radius 2 is 2.04 bits per heavy atom. The molecule has 0 unspecified atom stereocenters. The van der Waals surface area contributed by atoms with Gasteiger partial charge < -0.3 is 14.1 Å². The van der Waals surface area contributed by atoms with Crippen LogP contribution in [0, 0.1) is 0 Å². The van der Waals surface area contributed by atoms with Crippen molar-refractivity contribution < 1.29 is 18.7 Å². The van der Waals surface area contributed by atoms with Crippen molar-refractivity contribution in [3.05, 3.63) is 58.6 Å². The number of esters is 1. The highest BCUT2D eigenvalue weighted by Gasteiger charge is 2.27. The molecule has 4 rings (SSSR count). The quantitative estimate of drug-likeness (QED) is 0.484. The number of hydrogen-bond acceptors (Lipinski definition) is 6. The number of piperidine rings is 1. The molecule has 3 aromatic rings. The summed E-state index contributed by atoms with van der Waals surface area (Å²) >= 11 is 1.53. The lowest BCUT2D eigenvalue weighted by Crippen LogP contribution is -2.40. The number of oxazole rings is 1. The molecule has 0 bridgehead atoms. The summed E-state index contributed by atoms with van der Waals surface area (Å²) in [6, 6.07) is 11.5. The standard InChI is InChI=1S/C21H20N2O4S/c24-19(14-26-20(25)8-7-16-4-3-13-28-16)23-11-9-15(10-12-23)21-22-17-5-1-2-6-18(17)27-21/h1-8,13,15H,9-12,14H2/b8-7+. The van der Waals surface area contributed by atoms with Gasteiger partial charge in [0.2, 0.25) is 0 Å². The number of aromatic nitrogens is 1. The van der Waals surface area contributed by atoms with Gasteiger partial charge in [0.1, 0.15) is 5.52 Å². The Morgan fingerprint density at radius 3 is 2.79 bits per heavy atom. The van der Waals surface area contributed by atoms with Gasteiger partial charge in [-0.3, -0.25) is 4.79 Å². The molecule has 3 heterocycles. The van der Waals surface area contributed by atoms with Gasteiger partial charge >= 0.3 is 5.97 Å². The van der Waals surface area contributed by atoms with Crippen LogP contribution >= 0.6 is 11.3 Å². The van der Waals surface area contributed by atoms with Gasteiger partial charge in [0.15, 0.2) is 18.1 Å². The molecule has 0 aliphatic carbocycles. The van der Waals surface area contributed by atoms with Crippen molar-refractivity contribution >= 4 is 40.4 Å². The number of rotatable bonds is 5. The molecule has 7 heteroatoms. The van der Waals surface area contributed by atoms with Gasteiger partial charge in [-0.05, 0) is 42.5 Å². The number of benzene rings is 1. The molecule has 1 aliphatic rings. The normalized spacial score (nSPS) is 15.4. The number of likely N-dealkylation sites (tertiary alicyclic amines) is 1. The summed E-state index contributed by atoms with van der Waals surface area (Å²) in [4.78, 5) is 31.3. The number of hydrogen-bond donors (Lipinski definition) is 0. The van der Waals surface area contributed by atoms with Gasteiger partial charge in [-0.1, -0.05) is 18.2 Å². The first-order valence-corrected chi connectivity index (χ1v) is 10.1. The molecule has 2 aromatic heterocycles. The monoisotopic (exact) mass is 396 g/mol. The van der Waals surface area contributed by atoms with Crippen LogP contribution in [-0.4, -0.2) is 41.5 Å². The number of fused-ring (bicyclic) bond motifs is 1. The van der Waals surface area contributed by atoms with Gasteiger partial charge in [-0.2, -0.15) is 0 Å². The molecular formula is C21H20N2O4S. The second-order valence-corrected chi connectivity index (χ2v) is 7.61. The molecule has 1 amide bonds. The van der Waals surface area contributed by atoms with Crippen molar-refractivity contribution in [2.24, 2.45) is 0 Å². The van der Waals surface area contributed by atoms with Crippen LogP contribution in [0.4, 0.5) is 0 Å². The Hall–Kier alpha value is -2.93. The lowest BCUT2D eigenvalue weighted by atomic mass is 9.97. The third kappa shape index (κ3) is 4.31. The molecule has 0 atom stereocenters. The molecule has 0 spiro atoms. The van der Waals surface area contributed by atoms with Crippen LogP contribution < -0.4 is 0 Å². The maximum Gasteiger partial charge on any atom is 0.331 e. The van der Waals surface area contributed by atoms with E-state index in [4.69, 9.17) is 9.15 Å². The highest BCUT2D eigenvalue weighted by atomic mass is 32.1. The van der Waals surface area contributed by atoms with E-state index in [0.29, 0.717) is 13.1 Å². The van der Waals surface area contributed by atoms with E-state index in [0.717, 1.165) is 34.7 Å². The summed E-state index contributed by atoms with van der Waals surface area (Å²) in [7, 11) is 0. The van der Waals surface area contributed by atoms with Crippen molar-refractivity contribution in [3.63, 3.8) is 0 Å². The zero-order chi connectivity index (χ0) is 19.3. The first-order valence-electron chi connectivity index (χ1n) is 9.20. The highest BCUT2D eigenvalue weighted by Crippen LogP contribution is 2.29. The van der Waals surface area contributed by atoms with Crippen LogP contribution in [0.3, 0.4) is 0 Å². The summed E-state index contributed by atoms with van der Waals surface area (Å²) in [5.74, 6) is 0.253.